The number of hydrogen-bond donors (Lipinski definition) is 1. The van der Waals surface area contributed by atoms with Crippen LogP contribution in [0.4, 0.5) is 5.69 Å². The van der Waals surface area contributed by atoms with Gasteiger partial charge < -0.3 is 9.84 Å². The molecule has 0 spiro atoms. The lowest BCUT2D eigenvalue weighted by Gasteiger charge is -2.03. The van der Waals surface area contributed by atoms with Gasteiger partial charge in [-0.2, -0.15) is 0 Å². The van der Waals surface area contributed by atoms with Crippen molar-refractivity contribution in [2.45, 2.75) is 6.92 Å². The molecule has 118 valence electrons. The monoisotopic (exact) mass is 335 g/mol. The van der Waals surface area contributed by atoms with Crippen molar-refractivity contribution >= 4 is 33.1 Å². The van der Waals surface area contributed by atoms with Crippen molar-refractivity contribution in [2.75, 3.05) is 5.32 Å². The maximum absolute atomic E-state index is 12.1. The number of para-hydroxylation sites is 1. The number of anilines is 1. The topological polar surface area (TPSA) is 68.0 Å². The highest BCUT2D eigenvalue weighted by Gasteiger charge is 2.11. The zero-order valence-electron chi connectivity index (χ0n) is 12.8. The second-order valence-corrected chi connectivity index (χ2v) is 6.37. The molecule has 6 heteroatoms. The molecule has 0 saturated heterocycles. The highest BCUT2D eigenvalue weighted by atomic mass is 32.1. The first-order valence-corrected chi connectivity index (χ1v) is 8.21. The van der Waals surface area contributed by atoms with Crippen molar-refractivity contribution in [1.82, 2.24) is 10.1 Å². The average molecular weight is 335 g/mol. The molecule has 0 saturated carbocycles. The molecule has 5 nitrogen and oxygen atoms in total. The van der Waals surface area contributed by atoms with Crippen molar-refractivity contribution < 1.29 is 9.32 Å². The zero-order valence-corrected chi connectivity index (χ0v) is 13.6. The van der Waals surface area contributed by atoms with Crippen LogP contribution in [0.3, 0.4) is 0 Å². The summed E-state index contributed by atoms with van der Waals surface area (Å²) in [4.78, 5) is 16.7. The summed E-state index contributed by atoms with van der Waals surface area (Å²) in [5.74, 6) is 0.311. The van der Waals surface area contributed by atoms with Gasteiger partial charge >= 0.3 is 0 Å². The Balaban J connectivity index is 1.55. The third-order valence-corrected chi connectivity index (χ3v) is 4.63. The fourth-order valence-electron chi connectivity index (χ4n) is 2.36. The van der Waals surface area contributed by atoms with E-state index in [4.69, 9.17) is 4.52 Å². The molecular weight excluding hydrogens is 322 g/mol. The molecule has 0 atom stereocenters. The van der Waals surface area contributed by atoms with Gasteiger partial charge in [0.25, 0.3) is 5.91 Å². The first-order valence-electron chi connectivity index (χ1n) is 7.40. The van der Waals surface area contributed by atoms with E-state index < -0.39 is 0 Å². The van der Waals surface area contributed by atoms with Gasteiger partial charge in [-0.05, 0) is 43.3 Å². The Bertz CT molecular complexity index is 985. The van der Waals surface area contributed by atoms with Crippen molar-refractivity contribution in [2.24, 2.45) is 0 Å². The number of rotatable bonds is 3. The molecule has 0 aliphatic heterocycles. The first kappa shape index (κ1) is 14.6. The SMILES string of the molecule is Cc1cc(C(=O)Nc2ccc(-c3nc4ccccc4s3)cc2)no1. The van der Waals surface area contributed by atoms with Crippen LogP contribution in [0, 0.1) is 6.92 Å². The number of hydrogen-bond acceptors (Lipinski definition) is 5. The fourth-order valence-corrected chi connectivity index (χ4v) is 3.33. The third kappa shape index (κ3) is 2.79. The molecule has 0 radical (unpaired) electrons. The van der Waals surface area contributed by atoms with Crippen molar-refractivity contribution in [3.8, 4) is 10.6 Å². The summed E-state index contributed by atoms with van der Waals surface area (Å²) in [6.45, 7) is 1.75. The summed E-state index contributed by atoms with van der Waals surface area (Å²) >= 11 is 1.65. The molecule has 0 aliphatic carbocycles. The molecule has 4 aromatic rings. The molecule has 2 aromatic heterocycles. The van der Waals surface area contributed by atoms with Gasteiger partial charge in [-0.3, -0.25) is 4.79 Å². The van der Waals surface area contributed by atoms with E-state index in [9.17, 15) is 4.79 Å². The highest BCUT2D eigenvalue weighted by Crippen LogP contribution is 2.30. The van der Waals surface area contributed by atoms with E-state index in [0.717, 1.165) is 20.8 Å². The molecule has 24 heavy (non-hydrogen) atoms. The number of nitrogens with one attached hydrogen (secondary N) is 1. The predicted molar refractivity (Wildman–Crippen MR) is 94.2 cm³/mol. The van der Waals surface area contributed by atoms with Crippen LogP contribution in [0.15, 0.2) is 59.1 Å². The van der Waals surface area contributed by atoms with Crippen LogP contribution in [0.5, 0.6) is 0 Å². The Morgan fingerprint density at radius 1 is 1.12 bits per heavy atom. The second kappa shape index (κ2) is 5.90. The van der Waals surface area contributed by atoms with E-state index in [0.29, 0.717) is 11.4 Å². The Labute approximate surface area is 141 Å². The van der Waals surface area contributed by atoms with Crippen LogP contribution < -0.4 is 5.32 Å². The van der Waals surface area contributed by atoms with Gasteiger partial charge in [-0.1, -0.05) is 17.3 Å². The molecule has 2 aromatic carbocycles. The van der Waals surface area contributed by atoms with Crippen LogP contribution in [-0.2, 0) is 0 Å². The lowest BCUT2D eigenvalue weighted by molar-refractivity contribution is 0.101. The Kier molecular flexibility index (Phi) is 3.59. The van der Waals surface area contributed by atoms with Crippen molar-refractivity contribution in [3.05, 3.63) is 66.1 Å². The van der Waals surface area contributed by atoms with Gasteiger partial charge in [-0.25, -0.2) is 4.98 Å². The molecule has 0 unspecified atom stereocenters. The van der Waals surface area contributed by atoms with E-state index >= 15 is 0 Å². The second-order valence-electron chi connectivity index (χ2n) is 5.34. The maximum atomic E-state index is 12.1. The summed E-state index contributed by atoms with van der Waals surface area (Å²) in [5.41, 5.74) is 2.98. The lowest BCUT2D eigenvalue weighted by atomic mass is 10.2. The number of benzene rings is 2. The van der Waals surface area contributed by atoms with Gasteiger partial charge in [0.15, 0.2) is 5.69 Å². The van der Waals surface area contributed by atoms with Gasteiger partial charge in [0, 0.05) is 17.3 Å². The Morgan fingerprint density at radius 2 is 1.92 bits per heavy atom. The van der Waals surface area contributed by atoms with Crippen LogP contribution in [-0.4, -0.2) is 16.0 Å². The summed E-state index contributed by atoms with van der Waals surface area (Å²) in [6, 6.07) is 17.3. The van der Waals surface area contributed by atoms with Gasteiger partial charge in [-0.15, -0.1) is 11.3 Å². The van der Waals surface area contributed by atoms with Crippen LogP contribution in [0.2, 0.25) is 0 Å². The average Bonchev–Trinajstić information content (AvgIpc) is 3.21. The maximum Gasteiger partial charge on any atom is 0.277 e. The van der Waals surface area contributed by atoms with Crippen LogP contribution >= 0.6 is 11.3 Å². The van der Waals surface area contributed by atoms with E-state index in [2.05, 4.69) is 21.5 Å². The minimum absolute atomic E-state index is 0.266. The molecule has 0 aliphatic rings. The van der Waals surface area contributed by atoms with E-state index in [1.807, 2.05) is 42.5 Å². The zero-order chi connectivity index (χ0) is 16.5. The molecule has 4 rings (SSSR count). The van der Waals surface area contributed by atoms with Crippen molar-refractivity contribution in [3.63, 3.8) is 0 Å². The molecule has 1 N–H and O–H groups in total. The van der Waals surface area contributed by atoms with Gasteiger partial charge in [0.05, 0.1) is 10.2 Å². The molecule has 0 bridgehead atoms. The molecular formula is C18H13N3O2S. The highest BCUT2D eigenvalue weighted by molar-refractivity contribution is 7.21. The Morgan fingerprint density at radius 3 is 2.62 bits per heavy atom. The largest absolute Gasteiger partial charge is 0.361 e. The smallest absolute Gasteiger partial charge is 0.277 e. The van der Waals surface area contributed by atoms with Crippen LogP contribution in [0.1, 0.15) is 16.2 Å². The number of carbonyl (C=O) groups excluding carboxylic acids is 1. The summed E-state index contributed by atoms with van der Waals surface area (Å²) in [6.07, 6.45) is 0. The molecule has 0 fully saturated rings. The number of aromatic nitrogens is 2. The van der Waals surface area contributed by atoms with Gasteiger partial charge in [0.2, 0.25) is 0 Å². The number of carbonyl (C=O) groups is 1. The van der Waals surface area contributed by atoms with Crippen molar-refractivity contribution in [1.29, 1.82) is 0 Å². The quantitative estimate of drug-likeness (QED) is 0.598. The van der Waals surface area contributed by atoms with Crippen LogP contribution in [0.25, 0.3) is 20.8 Å². The fraction of sp³-hybridized carbons (Fsp3) is 0.0556. The van der Waals surface area contributed by atoms with E-state index in [1.54, 1.807) is 24.3 Å². The number of aryl methyl sites for hydroxylation is 1. The van der Waals surface area contributed by atoms with E-state index in [1.165, 1.54) is 0 Å². The Hall–Kier alpha value is -2.99. The predicted octanol–water partition coefficient (Wildman–Crippen LogP) is 4.51. The number of nitrogens with zero attached hydrogens (tertiary/aromatic N) is 2. The lowest BCUT2D eigenvalue weighted by Crippen LogP contribution is -2.11. The molecule has 1 amide bonds. The third-order valence-electron chi connectivity index (χ3n) is 3.54. The first-order chi connectivity index (χ1) is 11.7. The minimum atomic E-state index is -0.292. The minimum Gasteiger partial charge on any atom is -0.361 e. The van der Waals surface area contributed by atoms with E-state index in [-0.39, 0.29) is 11.6 Å². The van der Waals surface area contributed by atoms with Gasteiger partial charge in [0.1, 0.15) is 10.8 Å². The standard InChI is InChI=1S/C18H13N3O2S/c1-11-10-15(21-23-11)17(22)19-13-8-6-12(7-9-13)18-20-14-4-2-3-5-16(14)24-18/h2-10H,1H3,(H,19,22). The summed E-state index contributed by atoms with van der Waals surface area (Å²) < 4.78 is 6.07. The number of fused-ring (bicyclic) bond motifs is 1. The number of thiazole rings is 1. The number of amides is 1. The normalized spacial score (nSPS) is 10.9. The summed E-state index contributed by atoms with van der Waals surface area (Å²) in [5, 5.41) is 7.46. The summed E-state index contributed by atoms with van der Waals surface area (Å²) in [7, 11) is 0. The molecule has 2 heterocycles.